The van der Waals surface area contributed by atoms with Crippen LogP contribution in [-0.4, -0.2) is 22.8 Å². The van der Waals surface area contributed by atoms with Gasteiger partial charge in [-0.2, -0.15) is 5.26 Å². The van der Waals surface area contributed by atoms with E-state index in [2.05, 4.69) is 4.98 Å². The van der Waals surface area contributed by atoms with Gasteiger partial charge in [0, 0.05) is 19.3 Å². The number of nitrogens with one attached hydrogen (secondary N) is 1. The summed E-state index contributed by atoms with van der Waals surface area (Å²) in [6, 6.07) is 1.77. The van der Waals surface area contributed by atoms with Gasteiger partial charge >= 0.3 is 5.69 Å². The average Bonchev–Trinajstić information content (AvgIpc) is 2.19. The lowest BCUT2D eigenvalue weighted by Crippen LogP contribution is -2.40. The predicted octanol–water partition coefficient (Wildman–Crippen LogP) is -0.242. The van der Waals surface area contributed by atoms with Crippen LogP contribution in [0.4, 0.5) is 0 Å². The fourth-order valence-corrected chi connectivity index (χ4v) is 1.79. The quantitative estimate of drug-likeness (QED) is 0.746. The highest BCUT2D eigenvalue weighted by Gasteiger charge is 2.31. The van der Waals surface area contributed by atoms with Crippen molar-refractivity contribution in [3.8, 4) is 6.07 Å². The fraction of sp³-hybridized carbons (Fsp3) is 0.500. The van der Waals surface area contributed by atoms with Crippen LogP contribution in [0.2, 0.25) is 0 Å². The Kier molecular flexibility index (Phi) is 2.62. The third-order valence-corrected chi connectivity index (χ3v) is 2.88. The topological polar surface area (TPSA) is 87.9 Å². The van der Waals surface area contributed by atoms with Crippen LogP contribution < -0.4 is 11.2 Å². The van der Waals surface area contributed by atoms with E-state index in [1.807, 2.05) is 0 Å². The van der Waals surface area contributed by atoms with Gasteiger partial charge in [0.15, 0.2) is 0 Å². The fourth-order valence-electron chi connectivity index (χ4n) is 1.79. The van der Waals surface area contributed by atoms with Crippen molar-refractivity contribution in [2.75, 3.05) is 7.11 Å². The van der Waals surface area contributed by atoms with Crippen LogP contribution in [0, 0.1) is 11.3 Å². The predicted molar refractivity (Wildman–Crippen MR) is 55.1 cm³/mol. The number of nitrogens with zero attached hydrogens (tertiary/aromatic N) is 2. The lowest BCUT2D eigenvalue weighted by molar-refractivity contribution is 0.00471. The molecule has 0 amide bonds. The van der Waals surface area contributed by atoms with Gasteiger partial charge in [-0.05, 0) is 12.8 Å². The molecule has 1 aliphatic rings. The summed E-state index contributed by atoms with van der Waals surface area (Å²) in [6.45, 7) is 0. The Bertz CT molecular complexity index is 546. The summed E-state index contributed by atoms with van der Waals surface area (Å²) in [5, 5.41) is 8.69. The summed E-state index contributed by atoms with van der Waals surface area (Å²) in [7, 11) is 1.62. The van der Waals surface area contributed by atoms with Crippen LogP contribution in [0.3, 0.4) is 0 Å². The lowest BCUT2D eigenvalue weighted by Gasteiger charge is -2.34. The molecule has 6 nitrogen and oxygen atoms in total. The number of aromatic nitrogens is 2. The molecule has 0 saturated heterocycles. The minimum Gasteiger partial charge on any atom is -0.381 e. The van der Waals surface area contributed by atoms with E-state index >= 15 is 0 Å². The first-order chi connectivity index (χ1) is 7.65. The maximum absolute atomic E-state index is 11.5. The van der Waals surface area contributed by atoms with E-state index in [0.29, 0.717) is 0 Å². The van der Waals surface area contributed by atoms with Crippen LogP contribution in [0.25, 0.3) is 0 Å². The van der Waals surface area contributed by atoms with E-state index in [1.165, 1.54) is 10.8 Å². The van der Waals surface area contributed by atoms with Crippen LogP contribution >= 0.6 is 0 Å². The van der Waals surface area contributed by atoms with Crippen molar-refractivity contribution in [1.29, 1.82) is 5.26 Å². The van der Waals surface area contributed by atoms with E-state index in [0.717, 1.165) is 12.8 Å². The Morgan fingerprint density at radius 1 is 1.56 bits per heavy atom. The van der Waals surface area contributed by atoms with Crippen molar-refractivity contribution in [2.24, 2.45) is 0 Å². The molecule has 1 saturated carbocycles. The van der Waals surface area contributed by atoms with Gasteiger partial charge < -0.3 is 4.74 Å². The number of hydrogen-bond donors (Lipinski definition) is 1. The van der Waals surface area contributed by atoms with Crippen LogP contribution in [0.1, 0.15) is 24.4 Å². The monoisotopic (exact) mass is 221 g/mol. The van der Waals surface area contributed by atoms with Crippen molar-refractivity contribution in [3.63, 3.8) is 0 Å². The number of H-pyrrole nitrogens is 1. The third kappa shape index (κ3) is 1.66. The van der Waals surface area contributed by atoms with E-state index < -0.39 is 11.2 Å². The molecule has 0 radical (unpaired) electrons. The minimum atomic E-state index is -0.633. The zero-order chi connectivity index (χ0) is 11.7. The number of nitriles is 1. The molecular weight excluding hydrogens is 210 g/mol. The second-order valence-electron chi connectivity index (χ2n) is 3.80. The Labute approximate surface area is 91.1 Å². The molecule has 16 heavy (non-hydrogen) atoms. The average molecular weight is 221 g/mol. The summed E-state index contributed by atoms with van der Waals surface area (Å²) in [5.74, 6) is 0. The molecule has 1 fully saturated rings. The Balaban J connectivity index is 2.33. The number of hydrogen-bond acceptors (Lipinski definition) is 4. The van der Waals surface area contributed by atoms with E-state index in [4.69, 9.17) is 10.00 Å². The third-order valence-electron chi connectivity index (χ3n) is 2.88. The molecule has 1 aromatic heterocycles. The maximum Gasteiger partial charge on any atom is 0.328 e. The molecule has 1 heterocycles. The van der Waals surface area contributed by atoms with E-state index in [1.54, 1.807) is 13.2 Å². The highest BCUT2D eigenvalue weighted by Crippen LogP contribution is 2.32. The molecule has 1 N–H and O–H groups in total. The SMILES string of the molecule is COC1CC(n2cc(C#N)c(=O)[nH]c2=O)C1. The molecule has 1 aromatic rings. The smallest absolute Gasteiger partial charge is 0.328 e. The molecular formula is C10H11N3O3. The molecule has 0 atom stereocenters. The first-order valence-electron chi connectivity index (χ1n) is 4.94. The van der Waals surface area contributed by atoms with Crippen molar-refractivity contribution < 1.29 is 4.74 Å². The summed E-state index contributed by atoms with van der Waals surface area (Å²) >= 11 is 0. The second kappa shape index (κ2) is 3.94. The first-order valence-corrected chi connectivity index (χ1v) is 4.94. The minimum absolute atomic E-state index is 0.0152. The second-order valence-corrected chi connectivity index (χ2v) is 3.80. The number of aromatic amines is 1. The number of rotatable bonds is 2. The number of ether oxygens (including phenoxy) is 1. The standard InChI is InChI=1S/C10H11N3O3/c1-16-8-2-7(3-8)13-5-6(4-11)9(14)12-10(13)15/h5,7-8H,2-3H2,1H3,(H,12,14,15). The van der Waals surface area contributed by atoms with Crippen LogP contribution in [-0.2, 0) is 4.74 Å². The summed E-state index contributed by atoms with van der Waals surface area (Å²) < 4.78 is 6.50. The van der Waals surface area contributed by atoms with Gasteiger partial charge in [-0.25, -0.2) is 4.79 Å². The molecule has 2 rings (SSSR count). The van der Waals surface area contributed by atoms with Gasteiger partial charge in [0.1, 0.15) is 11.6 Å². The molecule has 84 valence electrons. The van der Waals surface area contributed by atoms with Crippen molar-refractivity contribution in [1.82, 2.24) is 9.55 Å². The van der Waals surface area contributed by atoms with Gasteiger partial charge in [-0.15, -0.1) is 0 Å². The Morgan fingerprint density at radius 3 is 2.81 bits per heavy atom. The van der Waals surface area contributed by atoms with Crippen LogP contribution in [0.15, 0.2) is 15.8 Å². The summed E-state index contributed by atoms with van der Waals surface area (Å²) in [6.07, 6.45) is 2.94. The van der Waals surface area contributed by atoms with Gasteiger partial charge in [0.05, 0.1) is 6.10 Å². The zero-order valence-corrected chi connectivity index (χ0v) is 8.77. The summed E-state index contributed by atoms with van der Waals surface area (Å²) in [4.78, 5) is 24.8. The lowest BCUT2D eigenvalue weighted by atomic mass is 9.89. The molecule has 0 spiro atoms. The molecule has 0 aliphatic heterocycles. The van der Waals surface area contributed by atoms with E-state index in [9.17, 15) is 9.59 Å². The molecule has 0 bridgehead atoms. The molecule has 0 unspecified atom stereocenters. The highest BCUT2D eigenvalue weighted by molar-refractivity contribution is 5.22. The Morgan fingerprint density at radius 2 is 2.25 bits per heavy atom. The molecule has 1 aliphatic carbocycles. The van der Waals surface area contributed by atoms with Gasteiger partial charge in [0.25, 0.3) is 5.56 Å². The first kappa shape index (κ1) is 10.6. The normalized spacial score (nSPS) is 23.5. The van der Waals surface area contributed by atoms with Crippen LogP contribution in [0.5, 0.6) is 0 Å². The van der Waals surface area contributed by atoms with Gasteiger partial charge in [-0.1, -0.05) is 0 Å². The highest BCUT2D eigenvalue weighted by atomic mass is 16.5. The van der Waals surface area contributed by atoms with E-state index in [-0.39, 0.29) is 17.7 Å². The van der Waals surface area contributed by atoms with Gasteiger partial charge in [0.2, 0.25) is 0 Å². The van der Waals surface area contributed by atoms with Crippen molar-refractivity contribution in [2.45, 2.75) is 25.0 Å². The molecule has 0 aromatic carbocycles. The zero-order valence-electron chi connectivity index (χ0n) is 8.77. The largest absolute Gasteiger partial charge is 0.381 e. The Hall–Kier alpha value is -1.87. The molecule has 6 heteroatoms. The van der Waals surface area contributed by atoms with Crippen molar-refractivity contribution >= 4 is 0 Å². The number of methoxy groups -OCH3 is 1. The van der Waals surface area contributed by atoms with Crippen molar-refractivity contribution in [3.05, 3.63) is 32.6 Å². The summed E-state index contributed by atoms with van der Waals surface area (Å²) in [5.41, 5.74) is -1.14. The van der Waals surface area contributed by atoms with Gasteiger partial charge in [-0.3, -0.25) is 14.3 Å². The maximum atomic E-state index is 11.5.